The summed E-state index contributed by atoms with van der Waals surface area (Å²) in [6.07, 6.45) is 4.72. The summed E-state index contributed by atoms with van der Waals surface area (Å²) in [5.74, 6) is -0.296. The lowest BCUT2D eigenvalue weighted by Crippen LogP contribution is -2.17. The molecule has 0 saturated carbocycles. The zero-order valence-corrected chi connectivity index (χ0v) is 15.7. The van der Waals surface area contributed by atoms with Gasteiger partial charge in [0.25, 0.3) is 5.91 Å². The normalized spacial score (nSPS) is 11.1. The van der Waals surface area contributed by atoms with Gasteiger partial charge >= 0.3 is 0 Å². The van der Waals surface area contributed by atoms with Gasteiger partial charge in [-0.2, -0.15) is 5.10 Å². The molecular weight excluding hydrogens is 371 g/mol. The van der Waals surface area contributed by atoms with Crippen LogP contribution >= 0.6 is 23.2 Å². The first-order valence-electron chi connectivity index (χ1n) is 7.86. The number of amides is 1. The van der Waals surface area contributed by atoms with Crippen LogP contribution in [0.5, 0.6) is 0 Å². The molecule has 0 unspecified atom stereocenters. The molecule has 0 fully saturated rings. The van der Waals surface area contributed by atoms with E-state index < -0.39 is 0 Å². The third-order valence-corrected chi connectivity index (χ3v) is 4.76. The number of aryl methyl sites for hydroxylation is 1. The molecule has 2 heterocycles. The molecule has 0 aliphatic rings. The summed E-state index contributed by atoms with van der Waals surface area (Å²) >= 11 is 12.5. The van der Waals surface area contributed by atoms with Crippen LogP contribution in [-0.2, 0) is 0 Å². The van der Waals surface area contributed by atoms with E-state index >= 15 is 0 Å². The number of halogens is 2. The Balaban J connectivity index is 1.84. The van der Waals surface area contributed by atoms with Crippen LogP contribution < -0.4 is 5.43 Å². The van der Waals surface area contributed by atoms with Crippen molar-refractivity contribution in [2.45, 2.75) is 13.8 Å². The van der Waals surface area contributed by atoms with Crippen molar-refractivity contribution in [3.8, 4) is 5.69 Å². The van der Waals surface area contributed by atoms with Gasteiger partial charge in [-0.05, 0) is 44.2 Å². The smallest absolute Gasteiger partial charge is 0.271 e. The molecule has 0 atom stereocenters. The van der Waals surface area contributed by atoms with Gasteiger partial charge in [-0.1, -0.05) is 29.3 Å². The van der Waals surface area contributed by atoms with Crippen LogP contribution in [0.15, 0.2) is 53.9 Å². The van der Waals surface area contributed by atoms with Crippen LogP contribution in [-0.4, -0.2) is 21.7 Å². The highest BCUT2D eigenvalue weighted by Gasteiger charge is 2.13. The number of aromatic nitrogens is 2. The van der Waals surface area contributed by atoms with Crippen molar-refractivity contribution in [1.29, 1.82) is 0 Å². The fourth-order valence-corrected chi connectivity index (χ4v) is 3.06. The van der Waals surface area contributed by atoms with Crippen molar-refractivity contribution in [2.75, 3.05) is 0 Å². The molecule has 3 rings (SSSR count). The van der Waals surface area contributed by atoms with E-state index in [0.29, 0.717) is 15.6 Å². The maximum Gasteiger partial charge on any atom is 0.271 e. The minimum atomic E-state index is -0.296. The number of hydrogen-bond acceptors (Lipinski definition) is 3. The summed E-state index contributed by atoms with van der Waals surface area (Å²) in [7, 11) is 0. The number of rotatable bonds is 4. The van der Waals surface area contributed by atoms with Crippen molar-refractivity contribution in [1.82, 2.24) is 15.0 Å². The summed E-state index contributed by atoms with van der Waals surface area (Å²) in [5.41, 5.74) is 6.59. The maximum absolute atomic E-state index is 12.0. The second kappa shape index (κ2) is 7.72. The molecule has 0 aliphatic carbocycles. The van der Waals surface area contributed by atoms with Gasteiger partial charge in [-0.3, -0.25) is 9.78 Å². The molecule has 7 heteroatoms. The Kier molecular flexibility index (Phi) is 5.40. The number of hydrazone groups is 1. The van der Waals surface area contributed by atoms with Gasteiger partial charge in [-0.25, -0.2) is 5.43 Å². The number of carbonyl (C=O) groups is 1. The van der Waals surface area contributed by atoms with E-state index in [1.54, 1.807) is 36.8 Å². The summed E-state index contributed by atoms with van der Waals surface area (Å²) in [5, 5.41) is 5.04. The highest BCUT2D eigenvalue weighted by Crippen LogP contribution is 2.31. The third-order valence-electron chi connectivity index (χ3n) is 3.95. The molecule has 0 radical (unpaired) electrons. The van der Waals surface area contributed by atoms with Gasteiger partial charge < -0.3 is 4.57 Å². The van der Waals surface area contributed by atoms with E-state index in [1.807, 2.05) is 36.6 Å². The van der Waals surface area contributed by atoms with Gasteiger partial charge in [0.1, 0.15) is 0 Å². The third kappa shape index (κ3) is 3.64. The van der Waals surface area contributed by atoms with Crippen LogP contribution in [0.3, 0.4) is 0 Å². The zero-order valence-electron chi connectivity index (χ0n) is 14.2. The van der Waals surface area contributed by atoms with E-state index in [0.717, 1.165) is 22.6 Å². The largest absolute Gasteiger partial charge is 0.316 e. The molecule has 0 spiro atoms. The fraction of sp³-hybridized carbons (Fsp3) is 0.105. The first-order valence-corrected chi connectivity index (χ1v) is 8.61. The van der Waals surface area contributed by atoms with E-state index in [9.17, 15) is 4.79 Å². The lowest BCUT2D eigenvalue weighted by Gasteiger charge is -2.12. The second-order valence-corrected chi connectivity index (χ2v) is 6.46. The summed E-state index contributed by atoms with van der Waals surface area (Å²) < 4.78 is 2.00. The van der Waals surface area contributed by atoms with Crippen LogP contribution in [0, 0.1) is 13.8 Å². The Morgan fingerprint density at radius 3 is 2.65 bits per heavy atom. The van der Waals surface area contributed by atoms with Crippen molar-refractivity contribution < 1.29 is 4.79 Å². The lowest BCUT2D eigenvalue weighted by molar-refractivity contribution is 0.0955. The summed E-state index contributed by atoms with van der Waals surface area (Å²) in [6.45, 7) is 3.92. The van der Waals surface area contributed by atoms with E-state index in [2.05, 4.69) is 15.5 Å². The summed E-state index contributed by atoms with van der Waals surface area (Å²) in [4.78, 5) is 15.9. The Bertz CT molecular complexity index is 981. The first kappa shape index (κ1) is 18.2. The van der Waals surface area contributed by atoms with Crippen LogP contribution in [0.4, 0.5) is 0 Å². The Labute approximate surface area is 161 Å². The molecule has 132 valence electrons. The monoisotopic (exact) mass is 386 g/mol. The highest BCUT2D eigenvalue weighted by molar-refractivity contribution is 6.43. The predicted molar refractivity (Wildman–Crippen MR) is 105 cm³/mol. The zero-order chi connectivity index (χ0) is 18.7. The molecule has 0 bridgehead atoms. The van der Waals surface area contributed by atoms with Crippen molar-refractivity contribution in [3.05, 3.63) is 81.4 Å². The number of carbonyl (C=O) groups excluding carboxylic acids is 1. The average Bonchev–Trinajstić information content (AvgIpc) is 2.92. The molecule has 2 aromatic heterocycles. The van der Waals surface area contributed by atoms with Crippen molar-refractivity contribution >= 4 is 35.3 Å². The fourth-order valence-electron chi connectivity index (χ4n) is 2.68. The average molecular weight is 387 g/mol. The Morgan fingerprint density at radius 1 is 1.19 bits per heavy atom. The van der Waals surface area contributed by atoms with Crippen LogP contribution in [0.1, 0.15) is 27.3 Å². The summed E-state index contributed by atoms with van der Waals surface area (Å²) in [6, 6.07) is 10.7. The van der Waals surface area contributed by atoms with Gasteiger partial charge in [0.2, 0.25) is 0 Å². The molecule has 5 nitrogen and oxygen atoms in total. The molecule has 1 amide bonds. The van der Waals surface area contributed by atoms with Crippen LogP contribution in [0.2, 0.25) is 10.0 Å². The lowest BCUT2D eigenvalue weighted by atomic mass is 10.2. The molecular formula is C19H16Cl2N4O. The van der Waals surface area contributed by atoms with E-state index in [-0.39, 0.29) is 5.91 Å². The Morgan fingerprint density at radius 2 is 1.92 bits per heavy atom. The van der Waals surface area contributed by atoms with Gasteiger partial charge in [-0.15, -0.1) is 0 Å². The molecule has 1 aromatic carbocycles. The first-order chi connectivity index (χ1) is 12.5. The standard InChI is InChI=1S/C19H16Cl2N4O/c1-12-10-15(11-23-24-19(26)14-6-8-22-9-7-14)13(2)25(12)17-5-3-4-16(20)18(17)21/h3-11H,1-2H3,(H,24,26). The van der Waals surface area contributed by atoms with E-state index in [4.69, 9.17) is 23.2 Å². The minimum Gasteiger partial charge on any atom is -0.316 e. The van der Waals surface area contributed by atoms with Gasteiger partial charge in [0.15, 0.2) is 0 Å². The number of hydrogen-bond donors (Lipinski definition) is 1. The number of nitrogens with one attached hydrogen (secondary N) is 1. The molecule has 3 aromatic rings. The molecule has 1 N–H and O–H groups in total. The second-order valence-electron chi connectivity index (χ2n) is 5.67. The molecule has 0 saturated heterocycles. The molecule has 0 aliphatic heterocycles. The van der Waals surface area contributed by atoms with Crippen molar-refractivity contribution in [3.63, 3.8) is 0 Å². The topological polar surface area (TPSA) is 59.3 Å². The number of nitrogens with zero attached hydrogens (tertiary/aromatic N) is 3. The van der Waals surface area contributed by atoms with Crippen LogP contribution in [0.25, 0.3) is 5.69 Å². The van der Waals surface area contributed by atoms with E-state index in [1.165, 1.54) is 0 Å². The van der Waals surface area contributed by atoms with Gasteiger partial charge in [0, 0.05) is 34.9 Å². The predicted octanol–water partition coefficient (Wildman–Crippen LogP) is 4.56. The highest BCUT2D eigenvalue weighted by atomic mass is 35.5. The van der Waals surface area contributed by atoms with Crippen molar-refractivity contribution in [2.24, 2.45) is 5.10 Å². The molecule has 26 heavy (non-hydrogen) atoms. The number of benzene rings is 1. The minimum absolute atomic E-state index is 0.296. The number of pyridine rings is 1. The quantitative estimate of drug-likeness (QED) is 0.527. The Hall–Kier alpha value is -2.63. The maximum atomic E-state index is 12.0. The van der Waals surface area contributed by atoms with Gasteiger partial charge in [0.05, 0.1) is 21.9 Å². The SMILES string of the molecule is Cc1cc(C=NNC(=O)c2ccncc2)c(C)n1-c1cccc(Cl)c1Cl.